The van der Waals surface area contributed by atoms with Crippen LogP contribution in [0.1, 0.15) is 12.5 Å². The van der Waals surface area contributed by atoms with Crippen molar-refractivity contribution in [3.8, 4) is 0 Å². The molecule has 2 heteroatoms. The lowest BCUT2D eigenvalue weighted by atomic mass is 10.2. The molecule has 0 radical (unpaired) electrons. The van der Waals surface area contributed by atoms with Crippen molar-refractivity contribution in [1.29, 1.82) is 0 Å². The summed E-state index contributed by atoms with van der Waals surface area (Å²) in [6.45, 7) is 4.18. The fraction of sp³-hybridized carbons (Fsp3) is 0.231. The number of methoxy groups -OCH3 is 1. The van der Waals surface area contributed by atoms with Gasteiger partial charge in [0.25, 0.3) is 0 Å². The van der Waals surface area contributed by atoms with Crippen LogP contribution in [0.15, 0.2) is 52.5 Å². The molecule has 1 rings (SSSR count). The fourth-order valence-electron chi connectivity index (χ4n) is 1.06. The van der Waals surface area contributed by atoms with E-state index < -0.39 is 0 Å². The highest BCUT2D eigenvalue weighted by molar-refractivity contribution is 8.02. The first-order chi connectivity index (χ1) is 7.24. The van der Waals surface area contributed by atoms with Gasteiger partial charge in [-0.05, 0) is 42.5 Å². The van der Waals surface area contributed by atoms with Crippen molar-refractivity contribution < 1.29 is 4.74 Å². The van der Waals surface area contributed by atoms with E-state index in [1.54, 1.807) is 25.1 Å². The molecule has 0 amide bonds. The predicted molar refractivity (Wildman–Crippen MR) is 66.9 cm³/mol. The highest BCUT2D eigenvalue weighted by Crippen LogP contribution is 2.24. The zero-order valence-corrected chi connectivity index (χ0v) is 10.2. The highest BCUT2D eigenvalue weighted by atomic mass is 32.2. The van der Waals surface area contributed by atoms with Crippen LogP contribution in [0.5, 0.6) is 0 Å². The van der Waals surface area contributed by atoms with Gasteiger partial charge in [0.1, 0.15) is 0 Å². The standard InChI is InChI=1S/C13H16OS/c1-11(8-9-14-3)10-15-13-7-5-4-6-12(13)2/h4-10H,1-3H3/b9-8+,11-10-. The molecule has 15 heavy (non-hydrogen) atoms. The van der Waals surface area contributed by atoms with Crippen molar-refractivity contribution >= 4 is 11.8 Å². The summed E-state index contributed by atoms with van der Waals surface area (Å²) in [6.07, 6.45) is 3.63. The monoisotopic (exact) mass is 220 g/mol. The Balaban J connectivity index is 2.64. The molecule has 0 bridgehead atoms. The van der Waals surface area contributed by atoms with E-state index in [0.717, 1.165) is 0 Å². The first kappa shape index (κ1) is 11.9. The van der Waals surface area contributed by atoms with E-state index in [2.05, 4.69) is 43.5 Å². The van der Waals surface area contributed by atoms with Gasteiger partial charge in [-0.15, -0.1) is 0 Å². The summed E-state index contributed by atoms with van der Waals surface area (Å²) >= 11 is 1.74. The Bertz CT molecular complexity index is 367. The van der Waals surface area contributed by atoms with Gasteiger partial charge < -0.3 is 4.74 Å². The van der Waals surface area contributed by atoms with E-state index in [1.165, 1.54) is 16.0 Å². The SMILES string of the molecule is CO/C=C/C(C)=C\Sc1ccccc1C. The van der Waals surface area contributed by atoms with E-state index in [0.29, 0.717) is 0 Å². The third-order valence-corrected chi connectivity index (χ3v) is 3.13. The van der Waals surface area contributed by atoms with Crippen molar-refractivity contribution in [2.45, 2.75) is 18.7 Å². The van der Waals surface area contributed by atoms with Crippen LogP contribution < -0.4 is 0 Å². The second-order valence-corrected chi connectivity index (χ2v) is 4.19. The summed E-state index contributed by atoms with van der Waals surface area (Å²) in [4.78, 5) is 1.29. The first-order valence-electron chi connectivity index (χ1n) is 4.82. The van der Waals surface area contributed by atoms with Crippen molar-refractivity contribution in [2.75, 3.05) is 7.11 Å². The minimum absolute atomic E-state index is 1.19. The van der Waals surface area contributed by atoms with Crippen molar-refractivity contribution in [3.63, 3.8) is 0 Å². The van der Waals surface area contributed by atoms with Crippen LogP contribution in [0.25, 0.3) is 0 Å². The van der Waals surface area contributed by atoms with Crippen LogP contribution in [0.4, 0.5) is 0 Å². The molecule has 0 unspecified atom stereocenters. The number of ether oxygens (including phenoxy) is 1. The van der Waals surface area contributed by atoms with E-state index in [-0.39, 0.29) is 0 Å². The van der Waals surface area contributed by atoms with E-state index in [4.69, 9.17) is 4.74 Å². The highest BCUT2D eigenvalue weighted by Gasteiger charge is 1.94. The Kier molecular flexibility index (Phi) is 5.05. The molecule has 0 aliphatic heterocycles. The normalized spacial score (nSPS) is 12.1. The van der Waals surface area contributed by atoms with Gasteiger partial charge in [-0.2, -0.15) is 0 Å². The molecule has 1 aromatic rings. The number of hydrogen-bond donors (Lipinski definition) is 0. The minimum Gasteiger partial charge on any atom is -0.504 e. The molecular formula is C13H16OS. The molecule has 0 fully saturated rings. The molecule has 1 aromatic carbocycles. The molecule has 0 atom stereocenters. The van der Waals surface area contributed by atoms with Crippen molar-refractivity contribution in [2.24, 2.45) is 0 Å². The van der Waals surface area contributed by atoms with Gasteiger partial charge in [0, 0.05) is 4.90 Å². The van der Waals surface area contributed by atoms with Crippen LogP contribution in [0, 0.1) is 6.92 Å². The van der Waals surface area contributed by atoms with E-state index in [1.807, 2.05) is 6.08 Å². The average molecular weight is 220 g/mol. The Labute approximate surface area is 95.8 Å². The summed E-state index contributed by atoms with van der Waals surface area (Å²) < 4.78 is 4.86. The number of aryl methyl sites for hydroxylation is 1. The quantitative estimate of drug-likeness (QED) is 0.428. The number of benzene rings is 1. The topological polar surface area (TPSA) is 9.23 Å². The third kappa shape index (κ3) is 4.26. The number of rotatable bonds is 4. The summed E-state index contributed by atoms with van der Waals surface area (Å²) in [5.74, 6) is 0. The zero-order valence-electron chi connectivity index (χ0n) is 9.36. The van der Waals surface area contributed by atoms with Gasteiger partial charge in [0.05, 0.1) is 13.4 Å². The van der Waals surface area contributed by atoms with Gasteiger partial charge in [0.2, 0.25) is 0 Å². The molecule has 1 nitrogen and oxygen atoms in total. The average Bonchev–Trinajstić information content (AvgIpc) is 2.25. The maximum absolute atomic E-state index is 4.86. The Morgan fingerprint density at radius 3 is 2.73 bits per heavy atom. The molecule has 0 spiro atoms. The first-order valence-corrected chi connectivity index (χ1v) is 5.70. The number of allylic oxidation sites excluding steroid dienone is 2. The van der Waals surface area contributed by atoms with Gasteiger partial charge in [0.15, 0.2) is 0 Å². The molecule has 0 aliphatic rings. The predicted octanol–water partition coefficient (Wildman–Crippen LogP) is 4.15. The molecule has 80 valence electrons. The zero-order chi connectivity index (χ0) is 11.1. The lowest BCUT2D eigenvalue weighted by molar-refractivity contribution is 0.338. The Hall–Kier alpha value is -1.15. The van der Waals surface area contributed by atoms with Crippen LogP contribution >= 0.6 is 11.8 Å². The molecule has 0 heterocycles. The van der Waals surface area contributed by atoms with Gasteiger partial charge in [-0.3, -0.25) is 0 Å². The summed E-state index contributed by atoms with van der Waals surface area (Å²) in [5, 5.41) is 2.12. The second kappa shape index (κ2) is 6.36. The van der Waals surface area contributed by atoms with Crippen molar-refractivity contribution in [1.82, 2.24) is 0 Å². The third-order valence-electron chi connectivity index (χ3n) is 1.93. The van der Waals surface area contributed by atoms with Gasteiger partial charge in [-0.25, -0.2) is 0 Å². The maximum Gasteiger partial charge on any atom is 0.0827 e. The minimum atomic E-state index is 1.19. The molecule has 0 N–H and O–H groups in total. The lowest BCUT2D eigenvalue weighted by Gasteiger charge is -2.01. The van der Waals surface area contributed by atoms with Gasteiger partial charge >= 0.3 is 0 Å². The number of hydrogen-bond acceptors (Lipinski definition) is 2. The maximum atomic E-state index is 4.86. The molecule has 0 saturated carbocycles. The van der Waals surface area contributed by atoms with E-state index >= 15 is 0 Å². The molecule has 0 aromatic heterocycles. The summed E-state index contributed by atoms with van der Waals surface area (Å²) in [7, 11) is 1.65. The Morgan fingerprint density at radius 2 is 2.07 bits per heavy atom. The molecule has 0 aliphatic carbocycles. The smallest absolute Gasteiger partial charge is 0.0827 e. The van der Waals surface area contributed by atoms with Crippen LogP contribution in [-0.2, 0) is 4.74 Å². The van der Waals surface area contributed by atoms with Crippen LogP contribution in [0.2, 0.25) is 0 Å². The summed E-state index contributed by atoms with van der Waals surface area (Å²) in [5.41, 5.74) is 2.49. The molecule has 0 saturated heterocycles. The number of thioether (sulfide) groups is 1. The lowest BCUT2D eigenvalue weighted by Crippen LogP contribution is -1.76. The summed E-state index contributed by atoms with van der Waals surface area (Å²) in [6, 6.07) is 8.37. The van der Waals surface area contributed by atoms with Crippen LogP contribution in [0.3, 0.4) is 0 Å². The van der Waals surface area contributed by atoms with Gasteiger partial charge in [-0.1, -0.05) is 30.0 Å². The largest absolute Gasteiger partial charge is 0.504 e. The van der Waals surface area contributed by atoms with E-state index in [9.17, 15) is 0 Å². The Morgan fingerprint density at radius 1 is 1.33 bits per heavy atom. The second-order valence-electron chi connectivity index (χ2n) is 3.28. The van der Waals surface area contributed by atoms with Crippen LogP contribution in [-0.4, -0.2) is 7.11 Å². The fourth-order valence-corrected chi connectivity index (χ4v) is 1.86. The molecular weight excluding hydrogens is 204 g/mol. The van der Waals surface area contributed by atoms with Crippen molar-refractivity contribution in [3.05, 3.63) is 53.1 Å².